The fourth-order valence-electron chi connectivity index (χ4n) is 5.09. The van der Waals surface area contributed by atoms with E-state index >= 15 is 0 Å². The smallest absolute Gasteiger partial charge is 0.162 e. The largest absolute Gasteiger partial charge is 0.512 e. The molecule has 5 heterocycles. The van der Waals surface area contributed by atoms with Gasteiger partial charge in [-0.1, -0.05) is 0 Å². The number of rotatable bonds is 1. The van der Waals surface area contributed by atoms with Gasteiger partial charge in [-0.05, 0) is 113 Å². The Kier molecular flexibility index (Phi) is 5.43. The normalized spacial score (nSPS) is 20.1. The molecule has 0 unspecified atom stereocenters. The molecule has 4 aliphatic heterocycles. The van der Waals surface area contributed by atoms with Crippen molar-refractivity contribution in [3.63, 3.8) is 0 Å². The van der Waals surface area contributed by atoms with E-state index in [0.717, 1.165) is 61.9 Å². The van der Waals surface area contributed by atoms with Gasteiger partial charge in [-0.3, -0.25) is 4.79 Å². The highest BCUT2D eigenvalue weighted by Crippen LogP contribution is 2.33. The number of aliphatic hydroxyl groups excluding tert-OH is 1. The number of allylic oxidation sites excluding steroid dienone is 8. The first-order valence-electron chi connectivity index (χ1n) is 12.1. The van der Waals surface area contributed by atoms with E-state index in [9.17, 15) is 9.90 Å². The number of fused-ring (bicyclic) bond motifs is 5. The highest BCUT2D eigenvalue weighted by atomic mass is 16.3. The lowest BCUT2D eigenvalue weighted by Crippen LogP contribution is -2.28. The Morgan fingerprint density at radius 1 is 0.694 bits per heavy atom. The van der Waals surface area contributed by atoms with E-state index in [1.807, 2.05) is 38.2 Å². The zero-order chi connectivity index (χ0) is 26.0. The predicted octanol–water partition coefficient (Wildman–Crippen LogP) is 4.85. The molecule has 0 aliphatic carbocycles. The van der Waals surface area contributed by atoms with Gasteiger partial charge in [0.05, 0.1) is 45.3 Å². The summed E-state index contributed by atoms with van der Waals surface area (Å²) in [5, 5.41) is 12.0. The van der Waals surface area contributed by atoms with Gasteiger partial charge in [0.1, 0.15) is 0 Å². The third-order valence-corrected chi connectivity index (χ3v) is 7.54. The number of aromatic nitrogens is 1. The Labute approximate surface area is 210 Å². The maximum Gasteiger partial charge on any atom is 0.162 e. The Morgan fingerprint density at radius 3 is 1.72 bits per heavy atom. The van der Waals surface area contributed by atoms with Gasteiger partial charge in [0, 0.05) is 16.5 Å². The van der Waals surface area contributed by atoms with Crippen molar-refractivity contribution >= 4 is 40.8 Å². The van der Waals surface area contributed by atoms with Gasteiger partial charge in [0.15, 0.2) is 5.78 Å². The number of carbonyl (C=O) groups excluding carboxylic acids is 1. The van der Waals surface area contributed by atoms with Crippen LogP contribution in [0.25, 0.3) is 17.9 Å². The second-order valence-electron chi connectivity index (χ2n) is 9.82. The van der Waals surface area contributed by atoms with Crippen LogP contribution in [-0.4, -0.2) is 33.0 Å². The van der Waals surface area contributed by atoms with E-state index in [-0.39, 0.29) is 11.5 Å². The van der Waals surface area contributed by atoms with Crippen LogP contribution in [0.2, 0.25) is 0 Å². The maximum absolute atomic E-state index is 12.7. The number of hydrogen-bond acceptors (Lipinski definition) is 5. The molecule has 4 aliphatic rings. The van der Waals surface area contributed by atoms with Crippen LogP contribution in [0.4, 0.5) is 0 Å². The number of aliphatic hydroxyl groups is 1. The maximum atomic E-state index is 12.7. The lowest BCUT2D eigenvalue weighted by Gasteiger charge is -2.00. The number of hydrogen-bond donors (Lipinski definition) is 2. The van der Waals surface area contributed by atoms with Crippen LogP contribution in [0.3, 0.4) is 0 Å². The van der Waals surface area contributed by atoms with Crippen LogP contribution in [0, 0.1) is 6.92 Å². The first-order chi connectivity index (χ1) is 17.0. The van der Waals surface area contributed by atoms with Crippen molar-refractivity contribution in [2.75, 3.05) is 0 Å². The van der Waals surface area contributed by atoms with E-state index in [1.54, 1.807) is 13.8 Å². The van der Waals surface area contributed by atoms with E-state index in [0.29, 0.717) is 27.5 Å². The number of Topliss-reactive ketones (excluding diaryl/α,β-unsaturated/α-hetero) is 1. The lowest BCUT2D eigenvalue weighted by atomic mass is 10.00. The second kappa shape index (κ2) is 8.26. The minimum atomic E-state index is -0.0539. The number of H-pyrrole nitrogens is 1. The minimum Gasteiger partial charge on any atom is -0.512 e. The van der Waals surface area contributed by atoms with E-state index in [2.05, 4.69) is 32.7 Å². The molecular formula is C30H30N4O2. The molecule has 0 fully saturated rings. The fraction of sp³-hybridized carbons (Fsp3) is 0.267. The molecule has 1 aromatic rings. The van der Waals surface area contributed by atoms with Crippen LogP contribution in [0.15, 0.2) is 77.7 Å². The van der Waals surface area contributed by atoms with Crippen molar-refractivity contribution in [3.05, 3.63) is 84.5 Å². The molecular weight excluding hydrogens is 448 g/mol. The summed E-state index contributed by atoms with van der Waals surface area (Å²) in [4.78, 5) is 30.8. The van der Waals surface area contributed by atoms with Gasteiger partial charge < -0.3 is 10.1 Å². The summed E-state index contributed by atoms with van der Waals surface area (Å²) in [5.74, 6) is 0.144. The summed E-state index contributed by atoms with van der Waals surface area (Å²) >= 11 is 0. The average Bonchev–Trinajstić information content (AvgIpc) is 3.45. The summed E-state index contributed by atoms with van der Waals surface area (Å²) < 4.78 is 0. The average molecular weight is 479 g/mol. The fourth-order valence-corrected chi connectivity index (χ4v) is 5.09. The van der Waals surface area contributed by atoms with Crippen molar-refractivity contribution in [1.82, 2.24) is 4.98 Å². The van der Waals surface area contributed by atoms with Crippen LogP contribution in [0.1, 0.15) is 59.7 Å². The quantitative estimate of drug-likeness (QED) is 0.604. The zero-order valence-corrected chi connectivity index (χ0v) is 22.0. The van der Waals surface area contributed by atoms with Gasteiger partial charge in [-0.25, -0.2) is 15.0 Å². The van der Waals surface area contributed by atoms with Crippen LogP contribution in [-0.2, 0) is 4.79 Å². The Hall–Kier alpha value is -4.06. The van der Waals surface area contributed by atoms with E-state index in [1.165, 1.54) is 0 Å². The molecule has 182 valence electrons. The standard InChI is InChI=1S/C30H30N4O2/c1-13-15(3)23-10-25-17(5)29(19(7)35)27(33-25)12-28-30(20(8)36)18(6)26(34-28)11-24-16(4)14(2)22(32-24)9-21(13)31-23/h9-12,33,35H,1-8H3/b22-9?,23-10?,26-11?,27-12?,29-19+. The number of carbonyl (C=O) groups is 1. The first kappa shape index (κ1) is 23.7. The van der Waals surface area contributed by atoms with Gasteiger partial charge in [0.25, 0.3) is 0 Å². The van der Waals surface area contributed by atoms with Gasteiger partial charge in [0.2, 0.25) is 0 Å². The molecule has 0 atom stereocenters. The van der Waals surface area contributed by atoms with Crippen LogP contribution >= 0.6 is 0 Å². The van der Waals surface area contributed by atoms with Crippen molar-refractivity contribution in [2.45, 2.75) is 55.4 Å². The van der Waals surface area contributed by atoms with Gasteiger partial charge in [-0.15, -0.1) is 0 Å². The number of nitrogens with one attached hydrogen (secondary N) is 1. The van der Waals surface area contributed by atoms with Crippen molar-refractivity contribution in [1.29, 1.82) is 0 Å². The lowest BCUT2D eigenvalue weighted by molar-refractivity contribution is -0.113. The van der Waals surface area contributed by atoms with E-state index in [4.69, 9.17) is 15.0 Å². The molecule has 0 amide bonds. The summed E-state index contributed by atoms with van der Waals surface area (Å²) in [5.41, 5.74) is 12.3. The highest BCUT2D eigenvalue weighted by Gasteiger charge is 2.26. The number of aromatic amines is 1. The zero-order valence-electron chi connectivity index (χ0n) is 22.0. The molecule has 0 saturated carbocycles. The van der Waals surface area contributed by atoms with Crippen molar-refractivity contribution < 1.29 is 9.90 Å². The number of nitrogens with zero attached hydrogens (tertiary/aromatic N) is 3. The number of ketones is 1. The van der Waals surface area contributed by atoms with Crippen LogP contribution < -0.4 is 10.6 Å². The summed E-state index contributed by atoms with van der Waals surface area (Å²) in [6.45, 7) is 15.4. The molecule has 0 saturated heterocycles. The van der Waals surface area contributed by atoms with Crippen LogP contribution in [0.5, 0.6) is 0 Å². The van der Waals surface area contributed by atoms with Gasteiger partial charge >= 0.3 is 0 Å². The second-order valence-corrected chi connectivity index (χ2v) is 9.82. The molecule has 8 bridgehead atoms. The summed E-state index contributed by atoms with van der Waals surface area (Å²) in [7, 11) is 0. The predicted molar refractivity (Wildman–Crippen MR) is 148 cm³/mol. The van der Waals surface area contributed by atoms with Gasteiger partial charge in [-0.2, -0.15) is 0 Å². The highest BCUT2D eigenvalue weighted by molar-refractivity contribution is 6.35. The first-order valence-corrected chi connectivity index (χ1v) is 12.1. The number of aliphatic imine (C=N–C) groups is 3. The Morgan fingerprint density at radius 2 is 1.19 bits per heavy atom. The molecule has 6 heteroatoms. The molecule has 2 N–H and O–H groups in total. The summed E-state index contributed by atoms with van der Waals surface area (Å²) in [6, 6.07) is 0. The molecule has 0 radical (unpaired) electrons. The molecule has 5 rings (SSSR count). The van der Waals surface area contributed by atoms with Crippen molar-refractivity contribution in [3.8, 4) is 0 Å². The summed E-state index contributed by atoms with van der Waals surface area (Å²) in [6.07, 6.45) is 7.86. The Bertz CT molecular complexity index is 1700. The molecule has 1 aromatic heterocycles. The topological polar surface area (TPSA) is 90.2 Å². The molecule has 0 aromatic carbocycles. The minimum absolute atomic E-state index is 0.0539. The van der Waals surface area contributed by atoms with Crippen molar-refractivity contribution in [2.24, 2.45) is 15.0 Å². The SMILES string of the molecule is CC(=O)C1=C(C)C2=CC3=NC(=CC4=NC(=Cc5[nH]c(/c(=C(\C)O)c5C)=CC1=N2)C(C)=C4C)C(C)=C3C. The Balaban J connectivity index is 1.90. The molecule has 6 nitrogen and oxygen atoms in total. The monoisotopic (exact) mass is 478 g/mol. The third kappa shape index (κ3) is 3.56. The molecule has 0 spiro atoms. The third-order valence-electron chi connectivity index (χ3n) is 7.54. The van der Waals surface area contributed by atoms with E-state index < -0.39 is 0 Å². The molecule has 36 heavy (non-hydrogen) atoms.